The van der Waals surface area contributed by atoms with Crippen molar-refractivity contribution in [2.75, 3.05) is 19.7 Å². The molecule has 0 saturated carbocycles. The molecule has 0 spiro atoms. The summed E-state index contributed by atoms with van der Waals surface area (Å²) in [7, 11) is 0. The summed E-state index contributed by atoms with van der Waals surface area (Å²) in [4.78, 5) is 64.0. The van der Waals surface area contributed by atoms with Gasteiger partial charge < -0.3 is 30.0 Å². The minimum atomic E-state index is -0.651. The highest BCUT2D eigenvalue weighted by Gasteiger charge is 2.34. The molecule has 2 atom stereocenters. The fourth-order valence-electron chi connectivity index (χ4n) is 6.06. The topological polar surface area (TPSA) is 156 Å². The number of ether oxygens (including phenoxy) is 2. The Bertz CT molecular complexity index is 1900. The second-order valence-corrected chi connectivity index (χ2v) is 11.9. The van der Waals surface area contributed by atoms with Gasteiger partial charge in [0.25, 0.3) is 11.8 Å². The lowest BCUT2D eigenvalue weighted by Crippen LogP contribution is -2.58. The number of piperidine rings is 1. The number of likely N-dealkylation sites (tertiary alicyclic amines) is 1. The Hall–Kier alpha value is -5.59. The van der Waals surface area contributed by atoms with Gasteiger partial charge in [-0.25, -0.2) is 9.18 Å². The Balaban J connectivity index is 1.28. The highest BCUT2D eigenvalue weighted by molar-refractivity contribution is 5.95. The van der Waals surface area contributed by atoms with Crippen molar-refractivity contribution in [3.63, 3.8) is 0 Å². The molecule has 3 amide bonds. The molecule has 13 heteroatoms. The van der Waals surface area contributed by atoms with Gasteiger partial charge in [0, 0.05) is 67.9 Å². The number of carbonyl (C=O) groups excluding carboxylic acids is 3. The molecular formula is C35H35FN6O6. The molecule has 2 aromatic heterocycles. The molecule has 0 radical (unpaired) electrons. The summed E-state index contributed by atoms with van der Waals surface area (Å²) in [6.45, 7) is 3.82. The van der Waals surface area contributed by atoms with Crippen LogP contribution in [0.2, 0.25) is 0 Å². The number of hydrogen-bond acceptors (Lipinski definition) is 8. The van der Waals surface area contributed by atoms with Crippen molar-refractivity contribution in [3.05, 3.63) is 105 Å². The molecule has 4 aromatic rings. The number of pyridine rings is 1. The van der Waals surface area contributed by atoms with Crippen LogP contribution in [-0.4, -0.2) is 69.4 Å². The maximum atomic E-state index is 14.7. The van der Waals surface area contributed by atoms with E-state index in [0.29, 0.717) is 53.2 Å². The summed E-state index contributed by atoms with van der Waals surface area (Å²) in [6, 6.07) is 12.3. The Labute approximate surface area is 275 Å². The lowest BCUT2D eigenvalue weighted by molar-refractivity contribution is -0.133. The molecule has 1 fully saturated rings. The van der Waals surface area contributed by atoms with Gasteiger partial charge in [-0.1, -0.05) is 12.1 Å². The molecule has 248 valence electrons. The minimum absolute atomic E-state index is 0.0464. The van der Waals surface area contributed by atoms with Crippen LogP contribution < -0.4 is 25.8 Å². The number of aromatic nitrogens is 3. The molecule has 1 saturated heterocycles. The van der Waals surface area contributed by atoms with Crippen LogP contribution in [-0.2, 0) is 22.6 Å². The molecule has 2 aromatic carbocycles. The van der Waals surface area contributed by atoms with E-state index >= 15 is 0 Å². The van der Waals surface area contributed by atoms with Gasteiger partial charge in [-0.15, -0.1) is 0 Å². The summed E-state index contributed by atoms with van der Waals surface area (Å²) in [5.74, 6) is -0.792. The number of rotatable bonds is 3. The average Bonchev–Trinajstić information content (AvgIpc) is 3.06. The minimum Gasteiger partial charge on any atom is -0.488 e. The lowest BCUT2D eigenvalue weighted by Gasteiger charge is -2.39. The molecule has 2 aliphatic heterocycles. The Morgan fingerprint density at radius 3 is 2.69 bits per heavy atom. The third-order valence-corrected chi connectivity index (χ3v) is 8.51. The monoisotopic (exact) mass is 654 g/mol. The van der Waals surface area contributed by atoms with E-state index in [2.05, 4.69) is 25.6 Å². The molecule has 0 unspecified atom stereocenters. The van der Waals surface area contributed by atoms with Crippen LogP contribution in [0, 0.1) is 19.7 Å². The van der Waals surface area contributed by atoms with E-state index in [1.807, 2.05) is 6.07 Å². The number of H-pyrrole nitrogens is 1. The van der Waals surface area contributed by atoms with Crippen LogP contribution >= 0.6 is 0 Å². The Kier molecular flexibility index (Phi) is 9.46. The molecule has 0 aliphatic carbocycles. The zero-order valence-electron chi connectivity index (χ0n) is 26.5. The van der Waals surface area contributed by atoms with E-state index < -0.39 is 29.6 Å². The summed E-state index contributed by atoms with van der Waals surface area (Å²) in [5.41, 5.74) is 3.80. The van der Waals surface area contributed by atoms with Crippen LogP contribution in [0.3, 0.4) is 0 Å². The standard InChI is InChI=1S/C35H35FN6O6/c1-20-29(21(2)40-35(46)39-20)6-7-33(44)42-9-8-31-30(18-42)41-34(45)25-12-24(16-37-17-25)23-4-3-5-27(13-23)47-19-32(43)38-15-22-10-26(36)14-28(11-22)48-31/h3-5,10-14,16-17,30-31H,6-9,15,18-19H2,1-2H3,(H,38,43)(H,41,45)(H,39,40,46)/t30-,31+/m1/s1. The van der Waals surface area contributed by atoms with Crippen molar-refractivity contribution < 1.29 is 28.2 Å². The van der Waals surface area contributed by atoms with Crippen molar-refractivity contribution in [2.24, 2.45) is 0 Å². The SMILES string of the molecule is Cc1nc(=O)[nH]c(C)c1CCC(=O)N1CC[C@@H]2Oc3cc(F)cc(c3)CNC(=O)COc3cccc(c3)-c3cncc(c3)C(=O)N[C@@H]2C1. The van der Waals surface area contributed by atoms with E-state index in [-0.39, 0.29) is 43.7 Å². The van der Waals surface area contributed by atoms with E-state index in [1.54, 1.807) is 55.3 Å². The molecular weight excluding hydrogens is 619 g/mol. The number of aromatic amines is 1. The zero-order valence-corrected chi connectivity index (χ0v) is 26.5. The normalized spacial score (nSPS) is 18.1. The fraction of sp³-hybridized carbons (Fsp3) is 0.314. The molecule has 12 nitrogen and oxygen atoms in total. The number of fused-ring (bicyclic) bond motifs is 8. The maximum Gasteiger partial charge on any atom is 0.345 e. The fourth-order valence-corrected chi connectivity index (χ4v) is 6.06. The summed E-state index contributed by atoms with van der Waals surface area (Å²) < 4.78 is 26.7. The molecule has 6 bridgehead atoms. The van der Waals surface area contributed by atoms with Crippen molar-refractivity contribution in [1.82, 2.24) is 30.5 Å². The highest BCUT2D eigenvalue weighted by Crippen LogP contribution is 2.26. The molecule has 6 rings (SSSR count). The van der Waals surface area contributed by atoms with Gasteiger partial charge in [0.2, 0.25) is 5.91 Å². The first kappa shape index (κ1) is 32.4. The van der Waals surface area contributed by atoms with E-state index in [0.717, 1.165) is 11.1 Å². The second kappa shape index (κ2) is 14.0. The Morgan fingerprint density at radius 2 is 1.85 bits per heavy atom. The van der Waals surface area contributed by atoms with Crippen molar-refractivity contribution in [2.45, 2.75) is 51.8 Å². The first-order chi connectivity index (χ1) is 23.1. The molecule has 48 heavy (non-hydrogen) atoms. The summed E-state index contributed by atoms with van der Waals surface area (Å²) in [6.07, 6.45) is 3.41. The van der Waals surface area contributed by atoms with Gasteiger partial charge in [-0.05, 0) is 67.3 Å². The van der Waals surface area contributed by atoms with Crippen molar-refractivity contribution >= 4 is 17.7 Å². The predicted molar refractivity (Wildman–Crippen MR) is 173 cm³/mol. The number of amides is 3. The lowest BCUT2D eigenvalue weighted by atomic mass is 9.99. The number of aryl methyl sites for hydroxylation is 2. The highest BCUT2D eigenvalue weighted by atomic mass is 19.1. The molecule has 2 aliphatic rings. The van der Waals surface area contributed by atoms with Crippen molar-refractivity contribution in [1.29, 1.82) is 0 Å². The zero-order chi connectivity index (χ0) is 33.8. The summed E-state index contributed by atoms with van der Waals surface area (Å²) in [5, 5.41) is 5.78. The van der Waals surface area contributed by atoms with E-state index in [4.69, 9.17) is 9.47 Å². The predicted octanol–water partition coefficient (Wildman–Crippen LogP) is 3.01. The first-order valence-electron chi connectivity index (χ1n) is 15.7. The third-order valence-electron chi connectivity index (χ3n) is 8.51. The van der Waals surface area contributed by atoms with E-state index in [9.17, 15) is 23.6 Å². The Morgan fingerprint density at radius 1 is 1.02 bits per heavy atom. The number of nitrogens with one attached hydrogen (secondary N) is 3. The largest absolute Gasteiger partial charge is 0.488 e. The second-order valence-electron chi connectivity index (χ2n) is 11.9. The number of hydrogen-bond donors (Lipinski definition) is 3. The number of nitrogens with zero attached hydrogens (tertiary/aromatic N) is 3. The number of carbonyl (C=O) groups is 3. The van der Waals surface area contributed by atoms with Crippen molar-refractivity contribution in [3.8, 4) is 22.6 Å². The quantitative estimate of drug-likeness (QED) is 0.305. The maximum absolute atomic E-state index is 14.7. The van der Waals surface area contributed by atoms with Crippen LogP contribution in [0.25, 0.3) is 11.1 Å². The third kappa shape index (κ3) is 7.68. The summed E-state index contributed by atoms with van der Waals surface area (Å²) >= 11 is 0. The van der Waals surface area contributed by atoms with E-state index in [1.165, 1.54) is 18.3 Å². The molecule has 3 N–H and O–H groups in total. The van der Waals surface area contributed by atoms with Gasteiger partial charge in [-0.2, -0.15) is 4.98 Å². The van der Waals surface area contributed by atoms with Gasteiger partial charge in [0.1, 0.15) is 23.4 Å². The molecule has 4 heterocycles. The van der Waals surface area contributed by atoms with Crippen LogP contribution in [0.15, 0.2) is 65.7 Å². The van der Waals surface area contributed by atoms with Gasteiger partial charge in [0.15, 0.2) is 6.61 Å². The van der Waals surface area contributed by atoms with Crippen LogP contribution in [0.5, 0.6) is 11.5 Å². The van der Waals surface area contributed by atoms with Gasteiger partial charge in [0.05, 0.1) is 11.6 Å². The first-order valence-corrected chi connectivity index (χ1v) is 15.7. The smallest absolute Gasteiger partial charge is 0.345 e. The van der Waals surface area contributed by atoms with Crippen LogP contribution in [0.4, 0.5) is 4.39 Å². The average molecular weight is 655 g/mol. The number of halogens is 1. The van der Waals surface area contributed by atoms with Crippen LogP contribution in [0.1, 0.15) is 45.7 Å². The van der Waals surface area contributed by atoms with Gasteiger partial charge >= 0.3 is 5.69 Å². The van der Waals surface area contributed by atoms with Gasteiger partial charge in [-0.3, -0.25) is 19.4 Å². The number of benzene rings is 2.